The Morgan fingerprint density at radius 3 is 1.84 bits per heavy atom. The first-order chi connectivity index (χ1) is 43.6. The highest BCUT2D eigenvalue weighted by molar-refractivity contribution is 5.79. The quantitative estimate of drug-likeness (QED) is 0.0493. The van der Waals surface area contributed by atoms with Crippen molar-refractivity contribution in [1.82, 2.24) is 5.32 Å². The molecule has 6 aromatic rings. The van der Waals surface area contributed by atoms with Crippen molar-refractivity contribution in [3.63, 3.8) is 0 Å². The Bertz CT molecular complexity index is 3210. The summed E-state index contributed by atoms with van der Waals surface area (Å²) < 4.78 is 87.5. The topological polar surface area (TPSA) is 213 Å². The molecule has 18 nitrogen and oxygen atoms in total. The molecule has 0 aromatic heterocycles. The molecule has 0 radical (unpaired) electrons. The molecule has 90 heavy (non-hydrogen) atoms. The second kappa shape index (κ2) is 29.5. The molecule has 6 unspecified atom stereocenters. The van der Waals surface area contributed by atoms with Crippen molar-refractivity contribution in [3.05, 3.63) is 203 Å². The van der Waals surface area contributed by atoms with E-state index in [4.69, 9.17) is 67.0 Å². The Kier molecular flexibility index (Phi) is 21.4. The zero-order valence-corrected chi connectivity index (χ0v) is 52.2. The van der Waals surface area contributed by atoms with Crippen LogP contribution in [0.5, 0.6) is 0 Å². The maximum Gasteiger partial charge on any atom is 0.407 e. The smallest absolute Gasteiger partial charge is 0.407 e. The van der Waals surface area contributed by atoms with Crippen molar-refractivity contribution in [3.8, 4) is 11.1 Å². The zero-order valence-electron chi connectivity index (χ0n) is 52.2. The van der Waals surface area contributed by atoms with Crippen molar-refractivity contribution >= 4 is 11.8 Å². The van der Waals surface area contributed by atoms with Crippen LogP contribution < -0.4 is 5.32 Å². The van der Waals surface area contributed by atoms with Crippen LogP contribution in [0.1, 0.15) is 94.1 Å². The SMILES string of the molecule is CC(C)=N.CC1[C@@H](NC(=O)OCC2c3ccccc3-c3ccccc32)C(CO)O[C@H](O)[C@@H]1O[C@@H]1OC(C)[C@H](O[C@@H]2OC[C@@H](C)C(O[C@@H]3OC[C@]4(COCc5ccccc5)O[C@@H](c5ccccc5)OC34)[C@H]2OCc2ccccc2)C(C)(OCc2ccccc2)[C@@H]1C. The van der Waals surface area contributed by atoms with E-state index in [0.29, 0.717) is 12.3 Å². The second-order valence-corrected chi connectivity index (χ2v) is 24.9. The average molecular weight is 1240 g/mol. The minimum Gasteiger partial charge on any atom is -0.449 e. The number of aliphatic hydroxyl groups excluding tert-OH is 2. The van der Waals surface area contributed by atoms with E-state index >= 15 is 0 Å². The van der Waals surface area contributed by atoms with E-state index in [1.165, 1.54) is 0 Å². The molecule has 6 aromatic carbocycles. The van der Waals surface area contributed by atoms with Crippen LogP contribution in [0.25, 0.3) is 11.1 Å². The van der Waals surface area contributed by atoms with Crippen LogP contribution in [0.4, 0.5) is 4.79 Å². The van der Waals surface area contributed by atoms with Gasteiger partial charge in [-0.05, 0) is 66.6 Å². The first-order valence-electron chi connectivity index (χ1n) is 31.4. The summed E-state index contributed by atoms with van der Waals surface area (Å²) in [5.74, 6) is -1.59. The zero-order chi connectivity index (χ0) is 62.9. The number of aliphatic hydroxyl groups is 2. The number of amides is 1. The third-order valence-electron chi connectivity index (χ3n) is 18.2. The van der Waals surface area contributed by atoms with Gasteiger partial charge >= 0.3 is 6.09 Å². The summed E-state index contributed by atoms with van der Waals surface area (Å²) in [5.41, 5.74) is 6.65. The summed E-state index contributed by atoms with van der Waals surface area (Å²) in [5, 5.41) is 31.8. The fourth-order valence-electron chi connectivity index (χ4n) is 13.2. The van der Waals surface area contributed by atoms with Crippen LogP contribution in [0, 0.1) is 23.2 Å². The standard InChI is InChI=1S/C69H79NO16.C3H7N/c1-42-35-76-65(59(75-37-47-24-12-7-13-25-47)57(42)82-66-61-69(41-78-66,40-74-36-46-22-10-6-11-23-46)86-64(85-61)49-28-16-9-17-29-49)84-60-45(4)80-63(44(3)68(60,5)79-38-48-26-14-8-15-27-48)83-58-43(2)56(55(34-71)81-62(58)72)70-67(73)77-39-54-52-32-20-18-30-50(52)51-31-19-21-33-53(51)54;1-3(2)4/h6-33,42-45,54-66,71-72H,34-41H2,1-5H3,(H,70,73);4H,1-2H3/t42-,43?,44-,45?,55?,56-,57?,58-,59-,60+,61?,62+,63+,64+,65+,66+,68?,69+;/m1./s1. The van der Waals surface area contributed by atoms with Gasteiger partial charge in [0.15, 0.2) is 31.5 Å². The van der Waals surface area contributed by atoms with Gasteiger partial charge in [-0.2, -0.15) is 0 Å². The van der Waals surface area contributed by atoms with Crippen molar-refractivity contribution < 1.29 is 76.6 Å². The highest BCUT2D eigenvalue weighted by Crippen LogP contribution is 2.49. The van der Waals surface area contributed by atoms with Crippen LogP contribution >= 0.6 is 0 Å². The summed E-state index contributed by atoms with van der Waals surface area (Å²) in [6.07, 6.45) is -11.5. The lowest BCUT2D eigenvalue weighted by molar-refractivity contribution is -0.383. The van der Waals surface area contributed by atoms with Gasteiger partial charge in [0, 0.05) is 34.9 Å². The molecule has 18 atom stereocenters. The lowest BCUT2D eigenvalue weighted by Crippen LogP contribution is -2.67. The van der Waals surface area contributed by atoms with Crippen molar-refractivity contribution in [2.24, 2.45) is 17.8 Å². The maximum absolute atomic E-state index is 13.8. The van der Waals surface area contributed by atoms with E-state index in [-0.39, 0.29) is 51.5 Å². The molecule has 6 aliphatic rings. The van der Waals surface area contributed by atoms with Gasteiger partial charge in [-0.1, -0.05) is 191 Å². The van der Waals surface area contributed by atoms with Crippen LogP contribution in [0.2, 0.25) is 0 Å². The van der Waals surface area contributed by atoms with Crippen LogP contribution in [-0.4, -0.2) is 140 Å². The lowest BCUT2D eigenvalue weighted by Gasteiger charge is -2.54. The monoisotopic (exact) mass is 1230 g/mol. The van der Waals surface area contributed by atoms with E-state index in [1.54, 1.807) is 13.8 Å². The first-order valence-corrected chi connectivity index (χ1v) is 31.4. The third-order valence-corrected chi connectivity index (χ3v) is 18.2. The van der Waals surface area contributed by atoms with Crippen LogP contribution in [0.15, 0.2) is 170 Å². The predicted molar refractivity (Wildman–Crippen MR) is 334 cm³/mol. The Balaban J connectivity index is 0.00000202. The number of nitrogens with one attached hydrogen (secondary N) is 2. The van der Waals surface area contributed by atoms with Crippen molar-refractivity contribution in [2.75, 3.05) is 33.0 Å². The van der Waals surface area contributed by atoms with Gasteiger partial charge in [-0.15, -0.1) is 0 Å². The molecule has 480 valence electrons. The molecule has 0 spiro atoms. The molecular formula is C72H86N2O16. The number of hydrogen-bond donors (Lipinski definition) is 4. The largest absolute Gasteiger partial charge is 0.449 e. The van der Waals surface area contributed by atoms with Gasteiger partial charge < -0.3 is 82.5 Å². The third kappa shape index (κ3) is 14.6. The van der Waals surface area contributed by atoms with Gasteiger partial charge in [-0.25, -0.2) is 4.79 Å². The average Bonchev–Trinajstić information content (AvgIpc) is 1.41. The summed E-state index contributed by atoms with van der Waals surface area (Å²) in [4.78, 5) is 13.8. The van der Waals surface area contributed by atoms with E-state index in [2.05, 4.69) is 36.5 Å². The second-order valence-electron chi connectivity index (χ2n) is 24.9. The number of benzene rings is 6. The van der Waals surface area contributed by atoms with Crippen molar-refractivity contribution in [1.29, 1.82) is 5.41 Å². The number of alkyl carbamates (subject to hydrolysis) is 1. The molecular weight excluding hydrogens is 1150 g/mol. The number of ether oxygens (including phenoxy) is 13. The first kappa shape index (κ1) is 65.2. The molecule has 1 aliphatic carbocycles. The minimum absolute atomic E-state index is 0.0878. The predicted octanol–water partition coefficient (Wildman–Crippen LogP) is 10.8. The molecule has 5 fully saturated rings. The van der Waals surface area contributed by atoms with Gasteiger partial charge in [0.1, 0.15) is 48.3 Å². The van der Waals surface area contributed by atoms with Gasteiger partial charge in [0.05, 0.1) is 64.5 Å². The molecule has 0 bridgehead atoms. The Hall–Kier alpha value is -6.30. The Morgan fingerprint density at radius 1 is 0.656 bits per heavy atom. The summed E-state index contributed by atoms with van der Waals surface area (Å²) in [7, 11) is 0. The molecule has 18 heteroatoms. The number of hydrogen-bond acceptors (Lipinski definition) is 17. The highest BCUT2D eigenvalue weighted by atomic mass is 16.8. The molecule has 0 saturated carbocycles. The number of rotatable bonds is 21. The van der Waals surface area contributed by atoms with Gasteiger partial charge in [0.2, 0.25) is 0 Å². The van der Waals surface area contributed by atoms with Crippen LogP contribution in [-0.2, 0) is 81.4 Å². The number of fused-ring (bicyclic) bond motifs is 4. The summed E-state index contributed by atoms with van der Waals surface area (Å²) in [6, 6.07) is 55.0. The Morgan fingerprint density at radius 2 is 1.22 bits per heavy atom. The summed E-state index contributed by atoms with van der Waals surface area (Å²) in [6.45, 7) is 14.2. The fourth-order valence-corrected chi connectivity index (χ4v) is 13.2. The number of carbonyl (C=O) groups excluding carboxylic acids is 1. The van der Waals surface area contributed by atoms with E-state index in [9.17, 15) is 15.0 Å². The molecule has 5 heterocycles. The van der Waals surface area contributed by atoms with Crippen molar-refractivity contribution in [2.45, 2.75) is 166 Å². The van der Waals surface area contributed by atoms with E-state index in [1.807, 2.05) is 173 Å². The minimum atomic E-state index is -1.50. The highest BCUT2D eigenvalue weighted by Gasteiger charge is 2.62. The summed E-state index contributed by atoms with van der Waals surface area (Å²) >= 11 is 0. The molecule has 5 aliphatic heterocycles. The normalized spacial score (nSPS) is 32.8. The molecule has 5 saturated heterocycles. The molecule has 12 rings (SSSR count). The van der Waals surface area contributed by atoms with Crippen LogP contribution in [0.3, 0.4) is 0 Å². The van der Waals surface area contributed by atoms with Gasteiger partial charge in [-0.3, -0.25) is 0 Å². The van der Waals surface area contributed by atoms with E-state index in [0.717, 1.165) is 44.5 Å². The Labute approximate surface area is 527 Å². The molecule has 1 amide bonds. The lowest BCUT2D eigenvalue weighted by atomic mass is 9.79. The maximum atomic E-state index is 13.8. The molecule has 4 N–H and O–H groups in total. The number of carbonyl (C=O) groups is 1. The van der Waals surface area contributed by atoms with E-state index < -0.39 is 116 Å². The van der Waals surface area contributed by atoms with Gasteiger partial charge in [0.25, 0.3) is 0 Å². The fraction of sp³-hybridized carbons (Fsp3) is 0.472.